The van der Waals surface area contributed by atoms with Crippen molar-refractivity contribution >= 4 is 23.6 Å². The molecule has 1 amide bonds. The van der Waals surface area contributed by atoms with Gasteiger partial charge in [0.15, 0.2) is 6.61 Å². The first-order valence-corrected chi connectivity index (χ1v) is 8.19. The molecule has 7 heteroatoms. The van der Waals surface area contributed by atoms with Crippen molar-refractivity contribution in [1.82, 2.24) is 0 Å². The summed E-state index contributed by atoms with van der Waals surface area (Å²) in [5.41, 5.74) is 1.24. The van der Waals surface area contributed by atoms with Gasteiger partial charge < -0.3 is 10.1 Å². The van der Waals surface area contributed by atoms with Crippen LogP contribution in [0.25, 0.3) is 6.08 Å². The molecule has 1 N–H and O–H groups in total. The third-order valence-corrected chi connectivity index (χ3v) is 3.67. The third-order valence-electron chi connectivity index (χ3n) is 3.67. The van der Waals surface area contributed by atoms with Gasteiger partial charge in [-0.2, -0.15) is 13.2 Å². The molecule has 142 valence electrons. The van der Waals surface area contributed by atoms with E-state index >= 15 is 0 Å². The van der Waals surface area contributed by atoms with E-state index in [0.29, 0.717) is 11.3 Å². The quantitative estimate of drug-likeness (QED) is 0.597. The molecule has 27 heavy (non-hydrogen) atoms. The number of para-hydroxylation sites is 1. The topological polar surface area (TPSA) is 55.4 Å². The molecule has 0 saturated carbocycles. The molecule has 0 unspecified atom stereocenters. The molecule has 0 aliphatic heterocycles. The van der Waals surface area contributed by atoms with Crippen molar-refractivity contribution in [2.75, 3.05) is 11.9 Å². The number of ether oxygens (including phenoxy) is 1. The summed E-state index contributed by atoms with van der Waals surface area (Å²) in [5.74, 6) is -1.25. The van der Waals surface area contributed by atoms with E-state index in [0.717, 1.165) is 30.2 Å². The van der Waals surface area contributed by atoms with E-state index in [1.807, 2.05) is 19.1 Å². The highest BCUT2D eigenvalue weighted by atomic mass is 19.4. The van der Waals surface area contributed by atoms with Crippen molar-refractivity contribution in [2.24, 2.45) is 0 Å². The van der Waals surface area contributed by atoms with Gasteiger partial charge in [0, 0.05) is 11.8 Å². The average Bonchev–Trinajstić information content (AvgIpc) is 2.64. The highest BCUT2D eigenvalue weighted by molar-refractivity contribution is 5.95. The molecule has 0 bridgehead atoms. The number of esters is 1. The van der Waals surface area contributed by atoms with E-state index in [9.17, 15) is 22.8 Å². The first kappa shape index (κ1) is 20.2. The van der Waals surface area contributed by atoms with Crippen LogP contribution in [0.2, 0.25) is 0 Å². The van der Waals surface area contributed by atoms with Gasteiger partial charge in [0.05, 0.1) is 5.56 Å². The Bertz CT molecular complexity index is 827. The lowest BCUT2D eigenvalue weighted by Crippen LogP contribution is -2.20. The molecule has 0 fully saturated rings. The van der Waals surface area contributed by atoms with Crippen molar-refractivity contribution in [3.05, 3.63) is 71.3 Å². The van der Waals surface area contributed by atoms with Crippen LogP contribution in [-0.4, -0.2) is 18.5 Å². The number of alkyl halides is 3. The van der Waals surface area contributed by atoms with Crippen molar-refractivity contribution in [1.29, 1.82) is 0 Å². The second-order valence-corrected chi connectivity index (χ2v) is 5.62. The van der Waals surface area contributed by atoms with Gasteiger partial charge >= 0.3 is 12.1 Å². The number of nitrogens with one attached hydrogen (secondary N) is 1. The van der Waals surface area contributed by atoms with E-state index in [-0.39, 0.29) is 0 Å². The number of benzene rings is 2. The highest BCUT2D eigenvalue weighted by Gasteiger charge is 2.29. The molecule has 0 aliphatic rings. The lowest BCUT2D eigenvalue weighted by Gasteiger charge is -2.09. The zero-order valence-corrected chi connectivity index (χ0v) is 14.5. The zero-order chi connectivity index (χ0) is 19.9. The molecular weight excluding hydrogens is 359 g/mol. The molecule has 2 aromatic rings. The van der Waals surface area contributed by atoms with E-state index in [2.05, 4.69) is 5.32 Å². The molecule has 0 heterocycles. The Morgan fingerprint density at radius 3 is 2.37 bits per heavy atom. The van der Waals surface area contributed by atoms with Crippen LogP contribution < -0.4 is 5.32 Å². The molecule has 0 saturated heterocycles. The maximum Gasteiger partial charge on any atom is 0.416 e. The normalized spacial score (nSPS) is 11.4. The van der Waals surface area contributed by atoms with Crippen LogP contribution in [0.15, 0.2) is 54.6 Å². The first-order valence-electron chi connectivity index (χ1n) is 8.19. The lowest BCUT2D eigenvalue weighted by atomic mass is 10.1. The summed E-state index contributed by atoms with van der Waals surface area (Å²) in [6.45, 7) is 1.49. The summed E-state index contributed by atoms with van der Waals surface area (Å²) in [4.78, 5) is 23.5. The number of hydrogen-bond donors (Lipinski definition) is 1. The summed E-state index contributed by atoms with van der Waals surface area (Å²) >= 11 is 0. The predicted molar refractivity (Wildman–Crippen MR) is 95.9 cm³/mol. The minimum Gasteiger partial charge on any atom is -0.452 e. The number of carbonyl (C=O) groups excluding carboxylic acids is 2. The van der Waals surface area contributed by atoms with E-state index in [1.165, 1.54) is 18.2 Å². The number of halogens is 3. The summed E-state index contributed by atoms with van der Waals surface area (Å²) in [6.07, 6.45) is -1.31. The Morgan fingerprint density at radius 2 is 1.74 bits per heavy atom. The minimum absolute atomic E-state index is 0.404. The van der Waals surface area contributed by atoms with Gasteiger partial charge in [0.25, 0.3) is 5.91 Å². The predicted octanol–water partition coefficient (Wildman–Crippen LogP) is 4.46. The summed E-state index contributed by atoms with van der Waals surface area (Å²) in [6, 6.07) is 11.6. The Labute approximate surface area is 154 Å². The molecule has 0 atom stereocenters. The van der Waals surface area contributed by atoms with Crippen LogP contribution in [0, 0.1) is 0 Å². The molecule has 2 aromatic carbocycles. The van der Waals surface area contributed by atoms with Crippen LogP contribution in [0.3, 0.4) is 0 Å². The van der Waals surface area contributed by atoms with Gasteiger partial charge in [-0.05, 0) is 41.8 Å². The first-order chi connectivity index (χ1) is 12.8. The van der Waals surface area contributed by atoms with E-state index < -0.39 is 30.2 Å². The molecule has 2 rings (SSSR count). The Morgan fingerprint density at radius 1 is 1.07 bits per heavy atom. The van der Waals surface area contributed by atoms with Crippen molar-refractivity contribution in [3.63, 3.8) is 0 Å². The van der Waals surface area contributed by atoms with Crippen LogP contribution in [0.5, 0.6) is 0 Å². The van der Waals surface area contributed by atoms with E-state index in [4.69, 9.17) is 4.74 Å². The van der Waals surface area contributed by atoms with Crippen molar-refractivity contribution in [3.8, 4) is 0 Å². The SMILES string of the molecule is CCc1ccccc1NC(=O)COC(=O)/C=C/c1ccc(C(F)(F)F)cc1. The minimum atomic E-state index is -4.41. The van der Waals surface area contributed by atoms with Gasteiger partial charge in [-0.1, -0.05) is 37.3 Å². The monoisotopic (exact) mass is 377 g/mol. The maximum atomic E-state index is 12.5. The second kappa shape index (κ2) is 9.02. The molecule has 0 spiro atoms. The smallest absolute Gasteiger partial charge is 0.416 e. The number of anilines is 1. The third kappa shape index (κ3) is 6.29. The Hall–Kier alpha value is -3.09. The van der Waals surface area contributed by atoms with Crippen LogP contribution in [0.4, 0.5) is 18.9 Å². The van der Waals surface area contributed by atoms with Gasteiger partial charge in [0.1, 0.15) is 0 Å². The van der Waals surface area contributed by atoms with Gasteiger partial charge in [0.2, 0.25) is 0 Å². The summed E-state index contributed by atoms with van der Waals surface area (Å²) in [7, 11) is 0. The fourth-order valence-corrected chi connectivity index (χ4v) is 2.27. The van der Waals surface area contributed by atoms with Crippen molar-refractivity contribution in [2.45, 2.75) is 19.5 Å². The Kier molecular flexibility index (Phi) is 6.76. The number of aryl methyl sites for hydroxylation is 1. The van der Waals surface area contributed by atoms with E-state index in [1.54, 1.807) is 12.1 Å². The molecule has 0 radical (unpaired) electrons. The molecule has 0 aromatic heterocycles. The number of carbonyl (C=O) groups is 2. The standard InChI is InChI=1S/C20H18F3NO3/c1-2-15-5-3-4-6-17(15)24-18(25)13-27-19(26)12-9-14-7-10-16(11-8-14)20(21,22)23/h3-12H,2,13H2,1H3,(H,24,25)/b12-9+. The lowest BCUT2D eigenvalue weighted by molar-refractivity contribution is -0.142. The van der Waals surface area contributed by atoms with Crippen LogP contribution in [0.1, 0.15) is 23.6 Å². The fraction of sp³-hybridized carbons (Fsp3) is 0.200. The highest BCUT2D eigenvalue weighted by Crippen LogP contribution is 2.29. The molecule has 4 nitrogen and oxygen atoms in total. The second-order valence-electron chi connectivity index (χ2n) is 5.62. The Balaban J connectivity index is 1.85. The molecular formula is C20H18F3NO3. The van der Waals surface area contributed by atoms with Crippen molar-refractivity contribution < 1.29 is 27.5 Å². The van der Waals surface area contributed by atoms with Gasteiger partial charge in [-0.15, -0.1) is 0 Å². The van der Waals surface area contributed by atoms with Gasteiger partial charge in [-0.25, -0.2) is 4.79 Å². The van der Waals surface area contributed by atoms with Crippen LogP contribution in [-0.2, 0) is 26.9 Å². The average molecular weight is 377 g/mol. The number of rotatable bonds is 6. The maximum absolute atomic E-state index is 12.5. The largest absolute Gasteiger partial charge is 0.452 e. The summed E-state index contributed by atoms with van der Waals surface area (Å²) < 4.78 is 42.3. The zero-order valence-electron chi connectivity index (χ0n) is 14.5. The van der Waals surface area contributed by atoms with Gasteiger partial charge in [-0.3, -0.25) is 4.79 Å². The number of hydrogen-bond acceptors (Lipinski definition) is 3. The van der Waals surface area contributed by atoms with Crippen LogP contribution >= 0.6 is 0 Å². The summed E-state index contributed by atoms with van der Waals surface area (Å²) in [5, 5.41) is 2.66. The fourth-order valence-electron chi connectivity index (χ4n) is 2.27. The molecule has 0 aliphatic carbocycles. The number of amides is 1.